The Bertz CT molecular complexity index is 905. The van der Waals surface area contributed by atoms with Gasteiger partial charge in [-0.1, -0.05) is 12.1 Å². The number of ether oxygens (including phenoxy) is 1. The molecule has 2 heterocycles. The molecule has 1 aliphatic heterocycles. The third-order valence-corrected chi connectivity index (χ3v) is 7.06. The second-order valence-electron chi connectivity index (χ2n) is 8.39. The maximum Gasteiger partial charge on any atom is 0.257 e. The lowest BCUT2D eigenvalue weighted by atomic mass is 9.84. The molecule has 1 aromatic heterocycles. The quantitative estimate of drug-likeness (QED) is 0.562. The highest BCUT2D eigenvalue weighted by Crippen LogP contribution is 2.29. The summed E-state index contributed by atoms with van der Waals surface area (Å²) >= 11 is 1.69. The van der Waals surface area contributed by atoms with E-state index in [0.717, 1.165) is 36.3 Å². The molecule has 1 aliphatic rings. The molecular weight excluding hydrogens is 424 g/mol. The largest absolute Gasteiger partial charge is 0.497 e. The molecule has 0 N–H and O–H groups in total. The number of hydrogen-bond acceptors (Lipinski definition) is 5. The fourth-order valence-electron chi connectivity index (χ4n) is 4.48. The van der Waals surface area contributed by atoms with E-state index in [1.54, 1.807) is 31.2 Å². The lowest BCUT2D eigenvalue weighted by Crippen LogP contribution is -2.48. The summed E-state index contributed by atoms with van der Waals surface area (Å²) in [6.45, 7) is 3.20. The SMILES string of the molecule is COc1cccc(CC(C2CCN(C(=O)c3ccoc3C)CC2)N(C)C(=O)CCSC)c1. The lowest BCUT2D eigenvalue weighted by molar-refractivity contribution is -0.132. The van der Waals surface area contributed by atoms with Crippen LogP contribution in [0, 0.1) is 12.8 Å². The van der Waals surface area contributed by atoms with Gasteiger partial charge >= 0.3 is 0 Å². The minimum Gasteiger partial charge on any atom is -0.497 e. The summed E-state index contributed by atoms with van der Waals surface area (Å²) < 4.78 is 10.7. The van der Waals surface area contributed by atoms with E-state index >= 15 is 0 Å². The Labute approximate surface area is 195 Å². The maximum atomic E-state index is 12.9. The molecule has 7 heteroatoms. The minimum absolute atomic E-state index is 0.0310. The van der Waals surface area contributed by atoms with Crippen LogP contribution < -0.4 is 4.74 Å². The highest BCUT2D eigenvalue weighted by molar-refractivity contribution is 7.98. The number of rotatable bonds is 9. The van der Waals surface area contributed by atoms with Gasteiger partial charge in [0.1, 0.15) is 11.5 Å². The number of furan rings is 1. The van der Waals surface area contributed by atoms with Crippen LogP contribution in [-0.2, 0) is 11.2 Å². The van der Waals surface area contributed by atoms with E-state index in [9.17, 15) is 9.59 Å². The Morgan fingerprint density at radius 1 is 1.28 bits per heavy atom. The van der Waals surface area contributed by atoms with Gasteiger partial charge in [-0.25, -0.2) is 0 Å². The molecule has 1 unspecified atom stereocenters. The van der Waals surface area contributed by atoms with E-state index < -0.39 is 0 Å². The zero-order valence-electron chi connectivity index (χ0n) is 19.5. The molecule has 2 aromatic rings. The Balaban J connectivity index is 1.72. The number of likely N-dealkylation sites (N-methyl/N-ethyl adjacent to an activating group) is 1. The molecule has 0 radical (unpaired) electrons. The molecule has 0 spiro atoms. The van der Waals surface area contributed by atoms with Crippen molar-refractivity contribution in [3.05, 3.63) is 53.5 Å². The van der Waals surface area contributed by atoms with E-state index in [1.807, 2.05) is 48.2 Å². The van der Waals surface area contributed by atoms with Crippen molar-refractivity contribution >= 4 is 23.6 Å². The first-order valence-electron chi connectivity index (χ1n) is 11.2. The summed E-state index contributed by atoms with van der Waals surface area (Å²) in [6, 6.07) is 9.91. The van der Waals surface area contributed by atoms with E-state index in [4.69, 9.17) is 9.15 Å². The van der Waals surface area contributed by atoms with Gasteiger partial charge in [0.25, 0.3) is 5.91 Å². The number of aryl methyl sites for hydroxylation is 1. The minimum atomic E-state index is 0.0310. The summed E-state index contributed by atoms with van der Waals surface area (Å²) in [7, 11) is 3.60. The van der Waals surface area contributed by atoms with Crippen LogP contribution >= 0.6 is 11.8 Å². The molecular formula is C25H34N2O4S. The van der Waals surface area contributed by atoms with Crippen molar-refractivity contribution in [1.29, 1.82) is 0 Å². The van der Waals surface area contributed by atoms with Crippen LogP contribution in [-0.4, -0.2) is 66.9 Å². The molecule has 174 valence electrons. The number of carbonyl (C=O) groups is 2. The number of thioether (sulfide) groups is 1. The molecule has 0 bridgehead atoms. The van der Waals surface area contributed by atoms with Gasteiger partial charge in [0, 0.05) is 38.4 Å². The van der Waals surface area contributed by atoms with E-state index in [1.165, 1.54) is 0 Å². The second kappa shape index (κ2) is 11.5. The van der Waals surface area contributed by atoms with Crippen LogP contribution in [0.2, 0.25) is 0 Å². The van der Waals surface area contributed by atoms with Crippen LogP contribution in [0.4, 0.5) is 0 Å². The van der Waals surface area contributed by atoms with Gasteiger partial charge in [0.15, 0.2) is 0 Å². The van der Waals surface area contributed by atoms with E-state index in [-0.39, 0.29) is 17.9 Å². The zero-order chi connectivity index (χ0) is 23.1. The third-order valence-electron chi connectivity index (χ3n) is 6.45. The fraction of sp³-hybridized carbons (Fsp3) is 0.520. The number of nitrogens with zero attached hydrogens (tertiary/aromatic N) is 2. The average molecular weight is 459 g/mol. The zero-order valence-corrected chi connectivity index (χ0v) is 20.3. The van der Waals surface area contributed by atoms with E-state index in [0.29, 0.717) is 36.8 Å². The fourth-order valence-corrected chi connectivity index (χ4v) is 4.85. The van der Waals surface area contributed by atoms with Crippen molar-refractivity contribution in [2.45, 2.75) is 38.6 Å². The Morgan fingerprint density at radius 3 is 2.66 bits per heavy atom. The predicted molar refractivity (Wildman–Crippen MR) is 128 cm³/mol. The number of likely N-dealkylation sites (tertiary alicyclic amines) is 1. The van der Waals surface area contributed by atoms with E-state index in [2.05, 4.69) is 6.07 Å². The number of amides is 2. The number of hydrogen-bond donors (Lipinski definition) is 0. The van der Waals surface area contributed by atoms with Crippen LogP contribution in [0.25, 0.3) is 0 Å². The molecule has 6 nitrogen and oxygen atoms in total. The molecule has 0 saturated carbocycles. The summed E-state index contributed by atoms with van der Waals surface area (Å²) in [4.78, 5) is 29.6. The number of carbonyl (C=O) groups excluding carboxylic acids is 2. The summed E-state index contributed by atoms with van der Waals surface area (Å²) in [5.41, 5.74) is 1.80. The highest BCUT2D eigenvalue weighted by atomic mass is 32.2. The highest BCUT2D eigenvalue weighted by Gasteiger charge is 2.33. The molecule has 1 fully saturated rings. The smallest absolute Gasteiger partial charge is 0.257 e. The molecule has 1 atom stereocenters. The first-order valence-corrected chi connectivity index (χ1v) is 12.5. The molecule has 1 saturated heterocycles. The number of piperidine rings is 1. The van der Waals surface area contributed by atoms with Crippen LogP contribution in [0.5, 0.6) is 5.75 Å². The topological polar surface area (TPSA) is 63.0 Å². The van der Waals surface area contributed by atoms with Gasteiger partial charge in [-0.15, -0.1) is 0 Å². The van der Waals surface area contributed by atoms with Crippen molar-refractivity contribution < 1.29 is 18.7 Å². The van der Waals surface area contributed by atoms with Crippen LogP contribution in [0.1, 0.15) is 40.9 Å². The predicted octanol–water partition coefficient (Wildman–Crippen LogP) is 4.27. The molecule has 2 amide bonds. The van der Waals surface area contributed by atoms with Gasteiger partial charge in [-0.3, -0.25) is 9.59 Å². The monoisotopic (exact) mass is 458 g/mol. The summed E-state index contributed by atoms with van der Waals surface area (Å²) in [6.07, 6.45) is 6.65. The Morgan fingerprint density at radius 2 is 2.03 bits per heavy atom. The maximum absolute atomic E-state index is 12.9. The van der Waals surface area contributed by atoms with Crippen molar-refractivity contribution in [3.63, 3.8) is 0 Å². The van der Waals surface area contributed by atoms with Gasteiger partial charge in [-0.2, -0.15) is 11.8 Å². The van der Waals surface area contributed by atoms with Gasteiger partial charge in [-0.05, 0) is 62.1 Å². The van der Waals surface area contributed by atoms with Crippen LogP contribution in [0.3, 0.4) is 0 Å². The Hall–Kier alpha value is -2.41. The normalized spacial score (nSPS) is 15.4. The summed E-state index contributed by atoms with van der Waals surface area (Å²) in [5.74, 6) is 2.86. The molecule has 1 aromatic carbocycles. The van der Waals surface area contributed by atoms with Crippen molar-refractivity contribution in [2.75, 3.05) is 39.3 Å². The standard InChI is InChI=1S/C25H34N2O4S/c1-18-22(10-14-31-18)25(29)27-12-8-20(9-13-27)23(26(2)24(28)11-15-32-4)17-19-6-5-7-21(16-19)30-3/h5-7,10,14,16,20,23H,8-9,11-13,15,17H2,1-4H3. The van der Waals surface area contributed by atoms with Gasteiger partial charge < -0.3 is 19.0 Å². The van der Waals surface area contributed by atoms with Gasteiger partial charge in [0.2, 0.25) is 5.91 Å². The first-order chi connectivity index (χ1) is 15.4. The number of benzene rings is 1. The van der Waals surface area contributed by atoms with Gasteiger partial charge in [0.05, 0.1) is 18.9 Å². The Kier molecular flexibility index (Phi) is 8.67. The van der Waals surface area contributed by atoms with Crippen molar-refractivity contribution in [2.24, 2.45) is 5.92 Å². The van der Waals surface area contributed by atoms with Crippen molar-refractivity contribution in [3.8, 4) is 5.75 Å². The molecule has 3 rings (SSSR count). The second-order valence-corrected chi connectivity index (χ2v) is 9.38. The van der Waals surface area contributed by atoms with Crippen molar-refractivity contribution in [1.82, 2.24) is 9.80 Å². The summed E-state index contributed by atoms with van der Waals surface area (Å²) in [5, 5.41) is 0. The lowest BCUT2D eigenvalue weighted by Gasteiger charge is -2.40. The first kappa shape index (κ1) is 24.2. The number of methoxy groups -OCH3 is 1. The molecule has 32 heavy (non-hydrogen) atoms. The van der Waals surface area contributed by atoms with Crippen LogP contribution in [0.15, 0.2) is 41.0 Å². The average Bonchev–Trinajstić information content (AvgIpc) is 3.26. The third kappa shape index (κ3) is 5.88. The molecule has 0 aliphatic carbocycles.